The van der Waals surface area contributed by atoms with Crippen LogP contribution in [0.25, 0.3) is 11.0 Å². The molecule has 0 aliphatic rings. The fourth-order valence-corrected chi connectivity index (χ4v) is 1.64. The van der Waals surface area contributed by atoms with Crippen molar-refractivity contribution in [2.75, 3.05) is 0 Å². The maximum atomic E-state index is 5.71. The first-order valence-electron chi connectivity index (χ1n) is 4.11. The highest BCUT2D eigenvalue weighted by Crippen LogP contribution is 2.25. The molecule has 1 aromatic carbocycles. The monoisotopic (exact) mass is 239 g/mol. The van der Waals surface area contributed by atoms with Crippen molar-refractivity contribution < 1.29 is 4.42 Å². The molecule has 0 bridgehead atoms. The molecule has 2 aromatic rings. The largest absolute Gasteiger partial charge is 0.459 e. The van der Waals surface area contributed by atoms with Gasteiger partial charge in [-0.05, 0) is 31.2 Å². The minimum Gasteiger partial charge on any atom is -0.459 e. The van der Waals surface area contributed by atoms with Gasteiger partial charge in [0.1, 0.15) is 11.3 Å². The van der Waals surface area contributed by atoms with Crippen LogP contribution in [0.5, 0.6) is 0 Å². The highest BCUT2D eigenvalue weighted by molar-refractivity contribution is 9.10. The highest BCUT2D eigenvalue weighted by atomic mass is 79.9. The molecule has 68 valence electrons. The summed E-state index contributed by atoms with van der Waals surface area (Å²) in [6.07, 6.45) is 0. The molecule has 0 amide bonds. The minimum atomic E-state index is -0.0498. The molecule has 2 nitrogen and oxygen atoms in total. The van der Waals surface area contributed by atoms with E-state index in [0.717, 1.165) is 21.2 Å². The Morgan fingerprint density at radius 1 is 1.38 bits per heavy atom. The smallest absolute Gasteiger partial charge is 0.134 e. The van der Waals surface area contributed by atoms with Crippen molar-refractivity contribution in [2.24, 2.45) is 5.73 Å². The van der Waals surface area contributed by atoms with Gasteiger partial charge in [-0.25, -0.2) is 0 Å². The zero-order valence-corrected chi connectivity index (χ0v) is 8.84. The lowest BCUT2D eigenvalue weighted by atomic mass is 10.2. The summed E-state index contributed by atoms with van der Waals surface area (Å²) in [7, 11) is 0. The molecule has 0 unspecified atom stereocenters. The Bertz CT molecular complexity index is 433. The molecule has 0 saturated heterocycles. The van der Waals surface area contributed by atoms with E-state index in [0.29, 0.717) is 0 Å². The second-order valence-corrected chi connectivity index (χ2v) is 4.04. The second kappa shape index (κ2) is 3.16. The number of benzene rings is 1. The first-order chi connectivity index (χ1) is 6.16. The summed E-state index contributed by atoms with van der Waals surface area (Å²) in [6.45, 7) is 1.91. The van der Waals surface area contributed by atoms with Gasteiger partial charge in [-0.1, -0.05) is 15.9 Å². The van der Waals surface area contributed by atoms with E-state index < -0.39 is 0 Å². The van der Waals surface area contributed by atoms with Gasteiger partial charge in [0.15, 0.2) is 0 Å². The number of furan rings is 1. The normalized spacial score (nSPS) is 13.5. The molecule has 1 atom stereocenters. The average molecular weight is 240 g/mol. The lowest BCUT2D eigenvalue weighted by Crippen LogP contribution is -2.02. The quantitative estimate of drug-likeness (QED) is 0.831. The van der Waals surface area contributed by atoms with E-state index in [2.05, 4.69) is 15.9 Å². The minimum absolute atomic E-state index is 0.0498. The topological polar surface area (TPSA) is 39.2 Å². The van der Waals surface area contributed by atoms with Crippen LogP contribution >= 0.6 is 15.9 Å². The van der Waals surface area contributed by atoms with E-state index in [1.54, 1.807) is 0 Å². The molecule has 0 aliphatic heterocycles. The van der Waals surface area contributed by atoms with Crippen LogP contribution in [-0.4, -0.2) is 0 Å². The highest BCUT2D eigenvalue weighted by Gasteiger charge is 2.06. The summed E-state index contributed by atoms with van der Waals surface area (Å²) >= 11 is 3.41. The molecule has 0 saturated carbocycles. The SMILES string of the molecule is C[C@H](N)c1cc2cc(Br)ccc2o1. The first-order valence-corrected chi connectivity index (χ1v) is 4.90. The zero-order chi connectivity index (χ0) is 9.42. The van der Waals surface area contributed by atoms with Crippen molar-refractivity contribution in [3.63, 3.8) is 0 Å². The molecule has 0 fully saturated rings. The summed E-state index contributed by atoms with van der Waals surface area (Å²) in [5, 5.41) is 1.08. The van der Waals surface area contributed by atoms with Crippen LogP contribution in [0.4, 0.5) is 0 Å². The predicted molar refractivity (Wildman–Crippen MR) is 56.5 cm³/mol. The van der Waals surface area contributed by atoms with Crippen LogP contribution in [0.2, 0.25) is 0 Å². The molecule has 0 spiro atoms. The molecule has 13 heavy (non-hydrogen) atoms. The van der Waals surface area contributed by atoms with Crippen molar-refractivity contribution in [3.05, 3.63) is 34.5 Å². The third kappa shape index (κ3) is 1.62. The standard InChI is InChI=1S/C10H10BrNO/c1-6(12)10-5-7-4-8(11)2-3-9(7)13-10/h2-6H,12H2,1H3/t6-/m0/s1. The number of hydrogen-bond donors (Lipinski definition) is 1. The number of fused-ring (bicyclic) bond motifs is 1. The van der Waals surface area contributed by atoms with Crippen LogP contribution in [0.3, 0.4) is 0 Å². The van der Waals surface area contributed by atoms with Gasteiger partial charge in [0, 0.05) is 9.86 Å². The lowest BCUT2D eigenvalue weighted by Gasteiger charge is -1.96. The van der Waals surface area contributed by atoms with Crippen LogP contribution in [-0.2, 0) is 0 Å². The molecular formula is C10H10BrNO. The second-order valence-electron chi connectivity index (χ2n) is 3.12. The molecular weight excluding hydrogens is 230 g/mol. The Labute approximate surface area is 84.8 Å². The van der Waals surface area contributed by atoms with Gasteiger partial charge in [0.2, 0.25) is 0 Å². The van der Waals surface area contributed by atoms with Gasteiger partial charge >= 0.3 is 0 Å². The summed E-state index contributed by atoms with van der Waals surface area (Å²) in [5.41, 5.74) is 6.59. The molecule has 3 heteroatoms. The molecule has 1 aromatic heterocycles. The fourth-order valence-electron chi connectivity index (χ4n) is 1.26. The lowest BCUT2D eigenvalue weighted by molar-refractivity contribution is 0.513. The zero-order valence-electron chi connectivity index (χ0n) is 7.25. The van der Waals surface area contributed by atoms with Crippen LogP contribution < -0.4 is 5.73 Å². The third-order valence-corrected chi connectivity index (χ3v) is 2.44. The van der Waals surface area contributed by atoms with E-state index in [1.165, 1.54) is 0 Å². The predicted octanol–water partition coefficient (Wildman–Crippen LogP) is 3.22. The van der Waals surface area contributed by atoms with Gasteiger partial charge in [0.05, 0.1) is 6.04 Å². The van der Waals surface area contributed by atoms with Crippen molar-refractivity contribution in [1.82, 2.24) is 0 Å². The van der Waals surface area contributed by atoms with Crippen molar-refractivity contribution in [2.45, 2.75) is 13.0 Å². The average Bonchev–Trinajstić information content (AvgIpc) is 2.46. The van der Waals surface area contributed by atoms with E-state index in [1.807, 2.05) is 31.2 Å². The number of rotatable bonds is 1. The summed E-state index contributed by atoms with van der Waals surface area (Å²) in [4.78, 5) is 0. The number of hydrogen-bond acceptors (Lipinski definition) is 2. The van der Waals surface area contributed by atoms with Crippen LogP contribution in [0.15, 0.2) is 33.2 Å². The fraction of sp³-hybridized carbons (Fsp3) is 0.200. The Morgan fingerprint density at radius 3 is 2.85 bits per heavy atom. The van der Waals surface area contributed by atoms with Gasteiger partial charge in [-0.2, -0.15) is 0 Å². The summed E-state index contributed by atoms with van der Waals surface area (Å²) < 4.78 is 6.59. The van der Waals surface area contributed by atoms with E-state index >= 15 is 0 Å². The van der Waals surface area contributed by atoms with E-state index in [4.69, 9.17) is 10.2 Å². The number of halogens is 1. The van der Waals surface area contributed by atoms with E-state index in [9.17, 15) is 0 Å². The summed E-state index contributed by atoms with van der Waals surface area (Å²) in [5.74, 6) is 0.827. The van der Waals surface area contributed by atoms with Gasteiger partial charge in [-0.15, -0.1) is 0 Å². The molecule has 0 aliphatic carbocycles. The first kappa shape index (κ1) is 8.78. The summed E-state index contributed by atoms with van der Waals surface area (Å²) in [6, 6.07) is 7.84. The maximum absolute atomic E-state index is 5.71. The third-order valence-electron chi connectivity index (χ3n) is 1.95. The van der Waals surface area contributed by atoms with E-state index in [-0.39, 0.29) is 6.04 Å². The van der Waals surface area contributed by atoms with Gasteiger partial charge in [0.25, 0.3) is 0 Å². The van der Waals surface area contributed by atoms with Crippen molar-refractivity contribution >= 4 is 26.9 Å². The Kier molecular flexibility index (Phi) is 2.14. The molecule has 1 heterocycles. The Hall–Kier alpha value is -0.800. The van der Waals surface area contributed by atoms with Gasteiger partial charge < -0.3 is 10.2 Å². The number of nitrogens with two attached hydrogens (primary N) is 1. The van der Waals surface area contributed by atoms with Crippen LogP contribution in [0, 0.1) is 0 Å². The molecule has 2 N–H and O–H groups in total. The van der Waals surface area contributed by atoms with Gasteiger partial charge in [-0.3, -0.25) is 0 Å². The maximum Gasteiger partial charge on any atom is 0.134 e. The van der Waals surface area contributed by atoms with Crippen molar-refractivity contribution in [3.8, 4) is 0 Å². The molecule has 2 rings (SSSR count). The molecule has 0 radical (unpaired) electrons. The Morgan fingerprint density at radius 2 is 2.15 bits per heavy atom. The Balaban J connectivity index is 2.62. The van der Waals surface area contributed by atoms with Crippen LogP contribution in [0.1, 0.15) is 18.7 Å². The van der Waals surface area contributed by atoms with Crippen molar-refractivity contribution in [1.29, 1.82) is 0 Å².